The highest BCUT2D eigenvalue weighted by Crippen LogP contribution is 2.21. The van der Waals surface area contributed by atoms with Crippen molar-refractivity contribution in [3.05, 3.63) is 45.8 Å². The van der Waals surface area contributed by atoms with Crippen LogP contribution in [-0.4, -0.2) is 26.5 Å². The van der Waals surface area contributed by atoms with E-state index in [0.29, 0.717) is 17.8 Å². The Morgan fingerprint density at radius 3 is 2.90 bits per heavy atom. The monoisotopic (exact) mass is 275 g/mol. The average molecular weight is 275 g/mol. The third-order valence-electron chi connectivity index (χ3n) is 3.08. The second-order valence-corrected chi connectivity index (χ2v) is 4.63. The highest BCUT2D eigenvalue weighted by atomic mass is 16.6. The zero-order chi connectivity index (χ0) is 14.5. The first kappa shape index (κ1) is 14.1. The molecule has 2 aromatic rings. The topological polar surface area (TPSA) is 99.9 Å². The molecule has 0 aliphatic carbocycles. The summed E-state index contributed by atoms with van der Waals surface area (Å²) in [5, 5.41) is 19.0. The molecule has 1 aromatic carbocycles. The predicted molar refractivity (Wildman–Crippen MR) is 74.7 cm³/mol. The molecule has 7 nitrogen and oxygen atoms in total. The van der Waals surface area contributed by atoms with E-state index in [1.807, 2.05) is 0 Å². The lowest BCUT2D eigenvalue weighted by molar-refractivity contribution is -0.385. The Balaban J connectivity index is 2.19. The van der Waals surface area contributed by atoms with Gasteiger partial charge in [-0.3, -0.25) is 10.1 Å². The number of hydrogen-bond donors (Lipinski definition) is 1. The first-order chi connectivity index (χ1) is 9.61. The molecule has 2 N–H and O–H groups in total. The van der Waals surface area contributed by atoms with E-state index in [2.05, 4.69) is 10.3 Å². The molecule has 0 bridgehead atoms. The lowest BCUT2D eigenvalue weighted by atomic mass is 10.2. The standard InChI is InChI=1S/C13H17N5O2/c1-10-5-6-12(8-13(10)18(19)20)17-9-11(15-16-17)4-2-3-7-14/h5-6,8-9H,2-4,7,14H2,1H3. The molecule has 0 unspecified atom stereocenters. The van der Waals surface area contributed by atoms with Gasteiger partial charge in [-0.15, -0.1) is 5.10 Å². The summed E-state index contributed by atoms with van der Waals surface area (Å²) in [7, 11) is 0. The van der Waals surface area contributed by atoms with E-state index in [0.717, 1.165) is 25.0 Å². The molecule has 0 saturated heterocycles. The van der Waals surface area contributed by atoms with Crippen molar-refractivity contribution < 1.29 is 4.92 Å². The van der Waals surface area contributed by atoms with E-state index in [-0.39, 0.29) is 5.69 Å². The van der Waals surface area contributed by atoms with Crippen molar-refractivity contribution in [1.82, 2.24) is 15.0 Å². The summed E-state index contributed by atoms with van der Waals surface area (Å²) in [4.78, 5) is 10.5. The molecule has 1 aromatic heterocycles. The van der Waals surface area contributed by atoms with Gasteiger partial charge in [-0.1, -0.05) is 11.3 Å². The quantitative estimate of drug-likeness (QED) is 0.492. The summed E-state index contributed by atoms with van der Waals surface area (Å²) in [6, 6.07) is 5.01. The fourth-order valence-corrected chi connectivity index (χ4v) is 1.93. The van der Waals surface area contributed by atoms with Crippen LogP contribution in [0.15, 0.2) is 24.4 Å². The Kier molecular flexibility index (Phi) is 4.41. The second kappa shape index (κ2) is 6.25. The molecule has 2 rings (SSSR count). The van der Waals surface area contributed by atoms with Gasteiger partial charge in [0, 0.05) is 11.6 Å². The lowest BCUT2D eigenvalue weighted by Gasteiger charge is -2.02. The number of unbranched alkanes of at least 4 members (excludes halogenated alkanes) is 1. The number of nitrogens with zero attached hydrogens (tertiary/aromatic N) is 4. The molecule has 106 valence electrons. The van der Waals surface area contributed by atoms with E-state index in [9.17, 15) is 10.1 Å². The highest BCUT2D eigenvalue weighted by Gasteiger charge is 2.12. The first-order valence-corrected chi connectivity index (χ1v) is 6.48. The lowest BCUT2D eigenvalue weighted by Crippen LogP contribution is -1.99. The van der Waals surface area contributed by atoms with E-state index < -0.39 is 4.92 Å². The Morgan fingerprint density at radius 1 is 1.40 bits per heavy atom. The maximum atomic E-state index is 10.9. The summed E-state index contributed by atoms with van der Waals surface area (Å²) in [6.07, 6.45) is 4.52. The number of benzene rings is 1. The number of nitro benzene ring substituents is 1. The summed E-state index contributed by atoms with van der Waals surface area (Å²) < 4.78 is 1.56. The molecule has 0 fully saturated rings. The van der Waals surface area contributed by atoms with Gasteiger partial charge in [0.05, 0.1) is 22.5 Å². The Hall–Kier alpha value is -2.28. The fourth-order valence-electron chi connectivity index (χ4n) is 1.93. The van der Waals surface area contributed by atoms with Crippen molar-refractivity contribution in [2.45, 2.75) is 26.2 Å². The highest BCUT2D eigenvalue weighted by molar-refractivity contribution is 5.48. The smallest absolute Gasteiger partial charge is 0.274 e. The van der Waals surface area contributed by atoms with Crippen LogP contribution in [0.3, 0.4) is 0 Å². The minimum absolute atomic E-state index is 0.0858. The molecule has 0 spiro atoms. The Bertz CT molecular complexity index is 609. The first-order valence-electron chi connectivity index (χ1n) is 6.48. The molecule has 0 aliphatic rings. The van der Waals surface area contributed by atoms with E-state index >= 15 is 0 Å². The molecular weight excluding hydrogens is 258 g/mol. The van der Waals surface area contributed by atoms with Crippen LogP contribution in [0.1, 0.15) is 24.1 Å². The number of hydrogen-bond acceptors (Lipinski definition) is 5. The largest absolute Gasteiger partial charge is 0.330 e. The van der Waals surface area contributed by atoms with Gasteiger partial charge >= 0.3 is 0 Å². The SMILES string of the molecule is Cc1ccc(-n2cc(CCCCN)nn2)cc1[N+](=O)[O-]. The predicted octanol–water partition coefficient (Wildman–Crippen LogP) is 1.77. The maximum absolute atomic E-state index is 10.9. The molecule has 7 heteroatoms. The van der Waals surface area contributed by atoms with Crippen molar-refractivity contribution in [3.63, 3.8) is 0 Å². The minimum atomic E-state index is -0.391. The molecular formula is C13H17N5O2. The van der Waals surface area contributed by atoms with Gasteiger partial charge in [0.25, 0.3) is 5.69 Å². The number of rotatable bonds is 6. The number of nitrogens with two attached hydrogens (primary N) is 1. The maximum Gasteiger partial charge on any atom is 0.274 e. The molecule has 0 atom stereocenters. The van der Waals surface area contributed by atoms with Crippen LogP contribution in [-0.2, 0) is 6.42 Å². The zero-order valence-corrected chi connectivity index (χ0v) is 11.3. The molecule has 1 heterocycles. The van der Waals surface area contributed by atoms with Crippen LogP contribution in [0.4, 0.5) is 5.69 Å². The Labute approximate surface area is 116 Å². The summed E-state index contributed by atoms with van der Waals surface area (Å²) >= 11 is 0. The van der Waals surface area contributed by atoms with Crippen molar-refractivity contribution in [1.29, 1.82) is 0 Å². The molecule has 0 aliphatic heterocycles. The van der Waals surface area contributed by atoms with Gasteiger partial charge < -0.3 is 5.73 Å². The average Bonchev–Trinajstić information content (AvgIpc) is 2.88. The minimum Gasteiger partial charge on any atom is -0.330 e. The van der Waals surface area contributed by atoms with Crippen molar-refractivity contribution >= 4 is 5.69 Å². The van der Waals surface area contributed by atoms with Gasteiger partial charge in [0.1, 0.15) is 0 Å². The van der Waals surface area contributed by atoms with Crippen molar-refractivity contribution in [3.8, 4) is 5.69 Å². The van der Waals surface area contributed by atoms with Gasteiger partial charge in [0.2, 0.25) is 0 Å². The van der Waals surface area contributed by atoms with E-state index in [1.54, 1.807) is 29.9 Å². The normalized spacial score (nSPS) is 10.7. The van der Waals surface area contributed by atoms with E-state index in [1.165, 1.54) is 6.07 Å². The third kappa shape index (κ3) is 3.18. The van der Waals surface area contributed by atoms with Crippen LogP contribution in [0, 0.1) is 17.0 Å². The second-order valence-electron chi connectivity index (χ2n) is 4.63. The number of aryl methyl sites for hydroxylation is 2. The molecule has 20 heavy (non-hydrogen) atoms. The van der Waals surface area contributed by atoms with Crippen LogP contribution in [0.5, 0.6) is 0 Å². The van der Waals surface area contributed by atoms with Gasteiger partial charge in [-0.25, -0.2) is 4.68 Å². The van der Waals surface area contributed by atoms with Gasteiger partial charge in [-0.2, -0.15) is 0 Å². The summed E-state index contributed by atoms with van der Waals surface area (Å²) in [5.74, 6) is 0. The van der Waals surface area contributed by atoms with Crippen LogP contribution < -0.4 is 5.73 Å². The molecule has 0 radical (unpaired) electrons. The van der Waals surface area contributed by atoms with Gasteiger partial charge in [-0.05, 0) is 38.8 Å². The van der Waals surface area contributed by atoms with Crippen LogP contribution in [0.2, 0.25) is 0 Å². The number of nitro groups is 1. The van der Waals surface area contributed by atoms with E-state index in [4.69, 9.17) is 5.73 Å². The zero-order valence-electron chi connectivity index (χ0n) is 11.3. The van der Waals surface area contributed by atoms with Crippen molar-refractivity contribution in [2.75, 3.05) is 6.54 Å². The Morgan fingerprint density at radius 2 is 2.20 bits per heavy atom. The summed E-state index contributed by atoms with van der Waals surface area (Å²) in [6.45, 7) is 2.37. The fraction of sp³-hybridized carbons (Fsp3) is 0.385. The van der Waals surface area contributed by atoms with Crippen LogP contribution >= 0.6 is 0 Å². The van der Waals surface area contributed by atoms with Gasteiger partial charge in [0.15, 0.2) is 0 Å². The molecule has 0 amide bonds. The third-order valence-corrected chi connectivity index (χ3v) is 3.08. The van der Waals surface area contributed by atoms with Crippen LogP contribution in [0.25, 0.3) is 5.69 Å². The van der Waals surface area contributed by atoms with Crippen molar-refractivity contribution in [2.24, 2.45) is 5.73 Å². The number of aromatic nitrogens is 3. The molecule has 0 saturated carbocycles. The summed E-state index contributed by atoms with van der Waals surface area (Å²) in [5.41, 5.74) is 7.66.